The number of esters is 1. The second-order valence-electron chi connectivity index (χ2n) is 8.31. The number of hydrogen-bond donors (Lipinski definition) is 2. The lowest BCUT2D eigenvalue weighted by Gasteiger charge is -2.46. The monoisotopic (exact) mass is 464 g/mol. The van der Waals surface area contributed by atoms with Crippen LogP contribution in [-0.4, -0.2) is 65.4 Å². The van der Waals surface area contributed by atoms with Gasteiger partial charge >= 0.3 is 12.0 Å². The number of carbonyl (C=O) groups is 4. The Morgan fingerprint density at radius 2 is 1.82 bits per heavy atom. The van der Waals surface area contributed by atoms with Gasteiger partial charge in [0.1, 0.15) is 12.6 Å². The lowest BCUT2D eigenvalue weighted by atomic mass is 9.93. The molecule has 0 spiro atoms. The molecule has 178 valence electrons. The Hall–Kier alpha value is -3.72. The van der Waals surface area contributed by atoms with Crippen LogP contribution in [-0.2, 0) is 20.9 Å². The van der Waals surface area contributed by atoms with Gasteiger partial charge in [-0.2, -0.15) is 0 Å². The van der Waals surface area contributed by atoms with E-state index in [9.17, 15) is 19.2 Å². The average Bonchev–Trinajstić information content (AvgIpc) is 2.85. The quantitative estimate of drug-likeness (QED) is 0.609. The molecule has 9 heteroatoms. The lowest BCUT2D eigenvalue weighted by molar-refractivity contribution is -0.138. The van der Waals surface area contributed by atoms with Gasteiger partial charge in [0.25, 0.3) is 0 Å². The summed E-state index contributed by atoms with van der Waals surface area (Å²) < 4.78 is 4.96. The molecule has 2 aliphatic rings. The first-order chi connectivity index (χ1) is 16.5. The maximum Gasteiger partial charge on any atom is 0.338 e. The molecule has 2 heterocycles. The largest absolute Gasteiger partial charge is 0.462 e. The molecule has 2 aliphatic heterocycles. The molecule has 0 aromatic heterocycles. The number of benzene rings is 2. The van der Waals surface area contributed by atoms with Crippen molar-refractivity contribution >= 4 is 29.5 Å². The zero-order valence-corrected chi connectivity index (χ0v) is 19.0. The van der Waals surface area contributed by atoms with Gasteiger partial charge in [0.2, 0.25) is 11.8 Å². The number of hydrogen-bond acceptors (Lipinski definition) is 6. The summed E-state index contributed by atoms with van der Waals surface area (Å²) in [6.07, 6.45) is 1.46. The van der Waals surface area contributed by atoms with Gasteiger partial charge in [-0.25, -0.2) is 9.59 Å². The molecule has 2 atom stereocenters. The summed E-state index contributed by atoms with van der Waals surface area (Å²) in [5, 5.41) is 6.00. The van der Waals surface area contributed by atoms with Crippen molar-refractivity contribution in [1.82, 2.24) is 15.1 Å². The molecule has 0 aliphatic carbocycles. The van der Waals surface area contributed by atoms with E-state index in [-0.39, 0.29) is 37.6 Å². The normalized spacial score (nSPS) is 20.0. The molecule has 0 radical (unpaired) electrons. The number of amides is 4. The minimum Gasteiger partial charge on any atom is -0.462 e. The molecule has 4 amide bonds. The Balaban J connectivity index is 1.47. The maximum absolute atomic E-state index is 13.3. The van der Waals surface area contributed by atoms with Crippen LogP contribution in [0.5, 0.6) is 0 Å². The van der Waals surface area contributed by atoms with E-state index in [2.05, 4.69) is 10.6 Å². The summed E-state index contributed by atoms with van der Waals surface area (Å²) >= 11 is 0. The predicted molar refractivity (Wildman–Crippen MR) is 125 cm³/mol. The van der Waals surface area contributed by atoms with Crippen molar-refractivity contribution in [2.75, 3.05) is 25.0 Å². The molecule has 2 fully saturated rings. The molecular formula is C25H28N4O5. The van der Waals surface area contributed by atoms with Crippen LogP contribution in [0, 0.1) is 0 Å². The minimum absolute atomic E-state index is 0.150. The molecule has 2 saturated heterocycles. The molecule has 0 bridgehead atoms. The maximum atomic E-state index is 13.3. The van der Waals surface area contributed by atoms with Gasteiger partial charge in [-0.15, -0.1) is 0 Å². The number of carbonyl (C=O) groups excluding carboxylic acids is 4. The van der Waals surface area contributed by atoms with E-state index < -0.39 is 18.0 Å². The highest BCUT2D eigenvalue weighted by atomic mass is 16.5. The first-order valence-corrected chi connectivity index (χ1v) is 11.4. The number of ether oxygens (including phenoxy) is 1. The van der Waals surface area contributed by atoms with E-state index in [0.717, 1.165) is 12.0 Å². The van der Waals surface area contributed by atoms with Gasteiger partial charge in [0, 0.05) is 5.69 Å². The third-order valence-corrected chi connectivity index (χ3v) is 6.01. The van der Waals surface area contributed by atoms with Crippen molar-refractivity contribution in [1.29, 1.82) is 0 Å². The second-order valence-corrected chi connectivity index (χ2v) is 8.31. The van der Waals surface area contributed by atoms with E-state index >= 15 is 0 Å². The Kier molecular flexibility index (Phi) is 7.22. The van der Waals surface area contributed by atoms with E-state index in [1.54, 1.807) is 31.2 Å². The highest BCUT2D eigenvalue weighted by Crippen LogP contribution is 2.26. The standard InChI is InChI=1S/C25H28N4O5/c1-2-34-24(32)18-10-12-19(13-11-18)27-21(30)16-28-20-9-6-14-26-22(20)23(31)29(25(28)33)15-17-7-4-3-5-8-17/h3-5,7-8,10-13,20,22,26H,2,6,9,14-16H2,1H3,(H,27,30). The number of rotatable bonds is 7. The zero-order chi connectivity index (χ0) is 24.1. The fraction of sp³-hybridized carbons (Fsp3) is 0.360. The zero-order valence-electron chi connectivity index (χ0n) is 19.0. The second kappa shape index (κ2) is 10.5. The van der Waals surface area contributed by atoms with Crippen LogP contribution in [0.15, 0.2) is 54.6 Å². The van der Waals surface area contributed by atoms with Crippen LogP contribution < -0.4 is 10.6 Å². The third-order valence-electron chi connectivity index (χ3n) is 6.01. The van der Waals surface area contributed by atoms with Crippen molar-refractivity contribution in [2.45, 2.75) is 38.4 Å². The number of piperidine rings is 1. The predicted octanol–water partition coefficient (Wildman–Crippen LogP) is 2.39. The van der Waals surface area contributed by atoms with Gasteiger partial charge < -0.3 is 20.3 Å². The number of imide groups is 1. The van der Waals surface area contributed by atoms with Crippen LogP contribution >= 0.6 is 0 Å². The highest BCUT2D eigenvalue weighted by molar-refractivity contribution is 6.03. The van der Waals surface area contributed by atoms with Gasteiger partial charge in [-0.05, 0) is 56.1 Å². The fourth-order valence-electron chi connectivity index (χ4n) is 4.37. The summed E-state index contributed by atoms with van der Waals surface area (Å²) in [6.45, 7) is 2.67. The number of anilines is 1. The van der Waals surface area contributed by atoms with Crippen LogP contribution in [0.2, 0.25) is 0 Å². The topological polar surface area (TPSA) is 108 Å². The number of fused-ring (bicyclic) bond motifs is 1. The third kappa shape index (κ3) is 5.09. The molecule has 34 heavy (non-hydrogen) atoms. The van der Waals surface area contributed by atoms with E-state index in [1.807, 2.05) is 30.3 Å². The molecule has 2 unspecified atom stereocenters. The van der Waals surface area contributed by atoms with Gasteiger partial charge in [0.05, 0.1) is 24.8 Å². The summed E-state index contributed by atoms with van der Waals surface area (Å²) in [4.78, 5) is 53.8. The van der Waals surface area contributed by atoms with E-state index in [1.165, 1.54) is 9.80 Å². The molecule has 0 saturated carbocycles. The number of nitrogens with zero attached hydrogens (tertiary/aromatic N) is 2. The van der Waals surface area contributed by atoms with Crippen LogP contribution in [0.3, 0.4) is 0 Å². The Labute approximate surface area is 198 Å². The van der Waals surface area contributed by atoms with Crippen molar-refractivity contribution in [3.63, 3.8) is 0 Å². The Morgan fingerprint density at radius 1 is 1.09 bits per heavy atom. The molecular weight excluding hydrogens is 436 g/mol. The molecule has 2 aromatic rings. The smallest absolute Gasteiger partial charge is 0.338 e. The molecule has 4 rings (SSSR count). The average molecular weight is 465 g/mol. The van der Waals surface area contributed by atoms with Crippen molar-refractivity contribution < 1.29 is 23.9 Å². The van der Waals surface area contributed by atoms with E-state index in [0.29, 0.717) is 24.2 Å². The van der Waals surface area contributed by atoms with Crippen molar-refractivity contribution in [3.05, 3.63) is 65.7 Å². The van der Waals surface area contributed by atoms with Gasteiger partial charge in [-0.3, -0.25) is 14.5 Å². The molecule has 2 aromatic carbocycles. The van der Waals surface area contributed by atoms with Crippen molar-refractivity contribution in [3.8, 4) is 0 Å². The SMILES string of the molecule is CCOC(=O)c1ccc(NC(=O)CN2C(=O)N(Cc3ccccc3)C(=O)C3NCCCC32)cc1. The van der Waals surface area contributed by atoms with Crippen LogP contribution in [0.25, 0.3) is 0 Å². The first kappa shape index (κ1) is 23.4. The number of nitrogens with one attached hydrogen (secondary N) is 2. The summed E-state index contributed by atoms with van der Waals surface area (Å²) in [6, 6.07) is 14.3. The Morgan fingerprint density at radius 3 is 2.53 bits per heavy atom. The number of urea groups is 1. The Bertz CT molecular complexity index is 1060. The molecule has 2 N–H and O–H groups in total. The fourth-order valence-corrected chi connectivity index (χ4v) is 4.37. The summed E-state index contributed by atoms with van der Waals surface area (Å²) in [5.41, 5.74) is 1.72. The van der Waals surface area contributed by atoms with Gasteiger partial charge in [-0.1, -0.05) is 30.3 Å². The summed E-state index contributed by atoms with van der Waals surface area (Å²) in [5.74, 6) is -1.07. The summed E-state index contributed by atoms with van der Waals surface area (Å²) in [7, 11) is 0. The van der Waals surface area contributed by atoms with Crippen molar-refractivity contribution in [2.24, 2.45) is 0 Å². The molecule has 9 nitrogen and oxygen atoms in total. The van der Waals surface area contributed by atoms with Gasteiger partial charge in [0.15, 0.2) is 0 Å². The minimum atomic E-state index is -0.535. The van der Waals surface area contributed by atoms with Crippen LogP contribution in [0.1, 0.15) is 35.7 Å². The van der Waals surface area contributed by atoms with E-state index in [4.69, 9.17) is 4.74 Å². The highest BCUT2D eigenvalue weighted by Gasteiger charge is 2.47. The van der Waals surface area contributed by atoms with Crippen LogP contribution in [0.4, 0.5) is 10.5 Å². The first-order valence-electron chi connectivity index (χ1n) is 11.4. The lowest BCUT2D eigenvalue weighted by Crippen LogP contribution is -2.70.